The number of halogens is 2. The smallest absolute Gasteiger partial charge is 0.338 e. The number of rotatable bonds is 5. The van der Waals surface area contributed by atoms with Gasteiger partial charge in [-0.1, -0.05) is 5.21 Å². The fourth-order valence-corrected chi connectivity index (χ4v) is 2.44. The van der Waals surface area contributed by atoms with Crippen LogP contribution < -0.4 is 5.32 Å². The molecular formula is C18H16F2N4O3. The Morgan fingerprint density at radius 3 is 2.70 bits per heavy atom. The van der Waals surface area contributed by atoms with Gasteiger partial charge in [-0.05, 0) is 44.2 Å². The highest BCUT2D eigenvalue weighted by Crippen LogP contribution is 2.17. The van der Waals surface area contributed by atoms with Crippen LogP contribution in [0.15, 0.2) is 36.4 Å². The van der Waals surface area contributed by atoms with Crippen LogP contribution in [0.25, 0.3) is 11.0 Å². The lowest BCUT2D eigenvalue weighted by Gasteiger charge is -2.14. The van der Waals surface area contributed by atoms with Gasteiger partial charge in [0.15, 0.2) is 6.10 Å². The second kappa shape index (κ2) is 7.48. The van der Waals surface area contributed by atoms with Crippen LogP contribution in [0.4, 0.5) is 14.5 Å². The molecule has 1 atom stereocenters. The molecule has 140 valence electrons. The summed E-state index contributed by atoms with van der Waals surface area (Å²) in [5, 5.41) is 10.2. The Balaban J connectivity index is 1.68. The van der Waals surface area contributed by atoms with Gasteiger partial charge < -0.3 is 10.1 Å². The van der Waals surface area contributed by atoms with Crippen molar-refractivity contribution in [3.8, 4) is 0 Å². The average Bonchev–Trinajstić information content (AvgIpc) is 3.06. The first-order valence-electron chi connectivity index (χ1n) is 8.19. The highest BCUT2D eigenvalue weighted by atomic mass is 19.1. The zero-order valence-electron chi connectivity index (χ0n) is 14.6. The molecule has 0 saturated heterocycles. The molecule has 0 aliphatic heterocycles. The number of carbonyl (C=O) groups is 2. The number of aryl methyl sites for hydroxylation is 1. The minimum atomic E-state index is -1.19. The second-order valence-corrected chi connectivity index (χ2v) is 5.77. The summed E-state index contributed by atoms with van der Waals surface area (Å²) in [6.07, 6.45) is -1.19. The van der Waals surface area contributed by atoms with Crippen molar-refractivity contribution in [2.75, 3.05) is 5.32 Å². The molecule has 1 amide bonds. The number of nitrogens with zero attached hydrogens (tertiary/aromatic N) is 3. The van der Waals surface area contributed by atoms with E-state index in [0.717, 1.165) is 17.6 Å². The molecule has 0 aliphatic rings. The van der Waals surface area contributed by atoms with E-state index in [2.05, 4.69) is 15.6 Å². The number of aromatic nitrogens is 3. The molecule has 9 heteroatoms. The van der Waals surface area contributed by atoms with E-state index in [0.29, 0.717) is 18.1 Å². The number of hydrogen-bond acceptors (Lipinski definition) is 5. The quantitative estimate of drug-likeness (QED) is 0.694. The maximum Gasteiger partial charge on any atom is 0.338 e. The van der Waals surface area contributed by atoms with Crippen molar-refractivity contribution in [2.24, 2.45) is 0 Å². The Labute approximate surface area is 152 Å². The number of anilines is 1. The fourth-order valence-electron chi connectivity index (χ4n) is 2.44. The lowest BCUT2D eigenvalue weighted by molar-refractivity contribution is -0.123. The van der Waals surface area contributed by atoms with Crippen LogP contribution in [0.3, 0.4) is 0 Å². The molecule has 0 saturated carbocycles. The van der Waals surface area contributed by atoms with Crippen LogP contribution in [0.5, 0.6) is 0 Å². The lowest BCUT2D eigenvalue weighted by atomic mass is 10.2. The Kier molecular flexibility index (Phi) is 5.11. The normalized spacial score (nSPS) is 12.0. The van der Waals surface area contributed by atoms with Gasteiger partial charge in [0.1, 0.15) is 17.2 Å². The van der Waals surface area contributed by atoms with E-state index in [-0.39, 0.29) is 11.3 Å². The summed E-state index contributed by atoms with van der Waals surface area (Å²) in [7, 11) is 0. The molecule has 1 N–H and O–H groups in total. The summed E-state index contributed by atoms with van der Waals surface area (Å²) < 4.78 is 33.3. The SMILES string of the molecule is CCn1nnc2cc(C(=O)O[C@@H](C)C(=O)Nc3ccc(F)cc3F)ccc21. The van der Waals surface area contributed by atoms with Gasteiger partial charge in [-0.25, -0.2) is 18.3 Å². The number of benzene rings is 2. The van der Waals surface area contributed by atoms with Crippen molar-refractivity contribution in [3.05, 3.63) is 53.6 Å². The lowest BCUT2D eigenvalue weighted by Crippen LogP contribution is -2.30. The van der Waals surface area contributed by atoms with Crippen molar-refractivity contribution in [1.82, 2.24) is 15.0 Å². The summed E-state index contributed by atoms with van der Waals surface area (Å²) in [5.74, 6) is -3.16. The van der Waals surface area contributed by atoms with Crippen LogP contribution >= 0.6 is 0 Å². The van der Waals surface area contributed by atoms with E-state index in [1.54, 1.807) is 16.8 Å². The summed E-state index contributed by atoms with van der Waals surface area (Å²) in [4.78, 5) is 24.4. The van der Waals surface area contributed by atoms with Gasteiger partial charge in [0.05, 0.1) is 16.8 Å². The van der Waals surface area contributed by atoms with E-state index in [9.17, 15) is 18.4 Å². The zero-order chi connectivity index (χ0) is 19.6. The molecule has 2 aromatic carbocycles. The van der Waals surface area contributed by atoms with E-state index in [1.807, 2.05) is 6.92 Å². The van der Waals surface area contributed by atoms with Gasteiger partial charge in [0.2, 0.25) is 0 Å². The van der Waals surface area contributed by atoms with Crippen LogP contribution in [-0.2, 0) is 16.1 Å². The van der Waals surface area contributed by atoms with Crippen molar-refractivity contribution < 1.29 is 23.1 Å². The van der Waals surface area contributed by atoms with Gasteiger partial charge >= 0.3 is 5.97 Å². The number of ether oxygens (including phenoxy) is 1. The summed E-state index contributed by atoms with van der Waals surface area (Å²) >= 11 is 0. The Morgan fingerprint density at radius 1 is 1.22 bits per heavy atom. The van der Waals surface area contributed by atoms with Crippen LogP contribution in [0.1, 0.15) is 24.2 Å². The minimum absolute atomic E-state index is 0.207. The standard InChI is InChI=1S/C18H16F2N4O3/c1-3-24-16-7-4-11(8-15(16)22-23-24)18(26)27-10(2)17(25)21-14-6-5-12(19)9-13(14)20/h4-10H,3H2,1-2H3,(H,21,25)/t10-/m0/s1. The molecule has 0 fully saturated rings. The number of hydrogen-bond donors (Lipinski definition) is 1. The molecular weight excluding hydrogens is 358 g/mol. The monoisotopic (exact) mass is 374 g/mol. The van der Waals surface area contributed by atoms with Crippen LogP contribution in [0, 0.1) is 11.6 Å². The third kappa shape index (κ3) is 3.91. The molecule has 1 heterocycles. The van der Waals surface area contributed by atoms with Crippen LogP contribution in [0.2, 0.25) is 0 Å². The third-order valence-electron chi connectivity index (χ3n) is 3.89. The van der Waals surface area contributed by atoms with Crippen molar-refractivity contribution >= 4 is 28.6 Å². The molecule has 0 radical (unpaired) electrons. The molecule has 3 aromatic rings. The summed E-state index contributed by atoms with van der Waals surface area (Å²) in [5.41, 5.74) is 1.29. The van der Waals surface area contributed by atoms with Gasteiger partial charge in [0.25, 0.3) is 5.91 Å². The third-order valence-corrected chi connectivity index (χ3v) is 3.89. The molecule has 1 aromatic heterocycles. The fraction of sp³-hybridized carbons (Fsp3) is 0.222. The van der Waals surface area contributed by atoms with E-state index in [4.69, 9.17) is 4.74 Å². The van der Waals surface area contributed by atoms with E-state index in [1.165, 1.54) is 13.0 Å². The number of esters is 1. The zero-order valence-corrected chi connectivity index (χ0v) is 14.6. The van der Waals surface area contributed by atoms with Crippen molar-refractivity contribution in [3.63, 3.8) is 0 Å². The number of carbonyl (C=O) groups excluding carboxylic acids is 2. The minimum Gasteiger partial charge on any atom is -0.449 e. The molecule has 0 unspecified atom stereocenters. The van der Waals surface area contributed by atoms with Gasteiger partial charge in [0, 0.05) is 12.6 Å². The van der Waals surface area contributed by atoms with E-state index >= 15 is 0 Å². The van der Waals surface area contributed by atoms with E-state index < -0.39 is 29.6 Å². The van der Waals surface area contributed by atoms with Crippen molar-refractivity contribution in [2.45, 2.75) is 26.5 Å². The maximum atomic E-state index is 13.6. The average molecular weight is 374 g/mol. The molecule has 0 bridgehead atoms. The van der Waals surface area contributed by atoms with Crippen LogP contribution in [-0.4, -0.2) is 33.0 Å². The van der Waals surface area contributed by atoms with Crippen molar-refractivity contribution in [1.29, 1.82) is 0 Å². The van der Waals surface area contributed by atoms with Gasteiger partial charge in [-0.15, -0.1) is 5.10 Å². The predicted molar refractivity (Wildman–Crippen MR) is 93.1 cm³/mol. The largest absolute Gasteiger partial charge is 0.449 e. The highest BCUT2D eigenvalue weighted by Gasteiger charge is 2.21. The molecule has 27 heavy (non-hydrogen) atoms. The second-order valence-electron chi connectivity index (χ2n) is 5.77. The van der Waals surface area contributed by atoms with Gasteiger partial charge in [-0.3, -0.25) is 4.79 Å². The predicted octanol–water partition coefficient (Wildman–Crippen LogP) is 2.91. The Morgan fingerprint density at radius 2 is 2.00 bits per heavy atom. The number of nitrogens with one attached hydrogen (secondary N) is 1. The number of amides is 1. The first kappa shape index (κ1) is 18.4. The first-order valence-corrected chi connectivity index (χ1v) is 8.19. The molecule has 0 spiro atoms. The summed E-state index contributed by atoms with van der Waals surface area (Å²) in [6.45, 7) is 3.90. The Bertz CT molecular complexity index is 1020. The number of fused-ring (bicyclic) bond motifs is 1. The summed E-state index contributed by atoms with van der Waals surface area (Å²) in [6, 6.07) is 7.49. The topological polar surface area (TPSA) is 86.1 Å². The highest BCUT2D eigenvalue weighted by molar-refractivity contribution is 5.98. The molecule has 0 aliphatic carbocycles. The maximum absolute atomic E-state index is 13.6. The molecule has 3 rings (SSSR count). The van der Waals surface area contributed by atoms with Gasteiger partial charge in [-0.2, -0.15) is 0 Å². The first-order chi connectivity index (χ1) is 12.9. The Hall–Kier alpha value is -3.36. The molecule has 7 nitrogen and oxygen atoms in total.